The third kappa shape index (κ3) is 5.32. The van der Waals surface area contributed by atoms with Crippen molar-refractivity contribution in [3.8, 4) is 0 Å². The number of aromatic amines is 1. The molecule has 0 radical (unpaired) electrons. The molecule has 8 heteroatoms. The number of carbonyl (C=O) groups is 1. The number of thiophene rings is 1. The summed E-state index contributed by atoms with van der Waals surface area (Å²) < 4.78 is 0. The van der Waals surface area contributed by atoms with Gasteiger partial charge in [0.05, 0.1) is 11.8 Å². The molecular formula is C17H17ClN4OS2. The van der Waals surface area contributed by atoms with Gasteiger partial charge in [-0.15, -0.1) is 16.4 Å². The summed E-state index contributed by atoms with van der Waals surface area (Å²) in [6, 6.07) is 11.4. The minimum absolute atomic E-state index is 0.0583. The van der Waals surface area contributed by atoms with Crippen LogP contribution in [0.5, 0.6) is 0 Å². The zero-order chi connectivity index (χ0) is 17.6. The van der Waals surface area contributed by atoms with Gasteiger partial charge in [0.25, 0.3) is 0 Å². The van der Waals surface area contributed by atoms with Gasteiger partial charge in [0.2, 0.25) is 11.1 Å². The molecular weight excluding hydrogens is 376 g/mol. The molecule has 2 heterocycles. The van der Waals surface area contributed by atoms with Gasteiger partial charge in [0.1, 0.15) is 5.82 Å². The van der Waals surface area contributed by atoms with E-state index in [2.05, 4.69) is 26.6 Å². The second-order valence-electron chi connectivity index (χ2n) is 5.45. The molecule has 2 N–H and O–H groups in total. The number of H-pyrrole nitrogens is 1. The second-order valence-corrected chi connectivity index (χ2v) is 7.86. The highest BCUT2D eigenvalue weighted by molar-refractivity contribution is 7.99. The van der Waals surface area contributed by atoms with E-state index in [0.717, 1.165) is 17.8 Å². The fourth-order valence-electron chi connectivity index (χ4n) is 2.25. The molecule has 25 heavy (non-hydrogen) atoms. The molecule has 0 spiro atoms. The van der Waals surface area contributed by atoms with Crippen LogP contribution in [0.4, 0.5) is 0 Å². The second kappa shape index (κ2) is 8.51. The Labute approximate surface area is 159 Å². The number of benzene rings is 1. The van der Waals surface area contributed by atoms with E-state index in [1.54, 1.807) is 11.3 Å². The molecule has 0 saturated carbocycles. The largest absolute Gasteiger partial charge is 0.349 e. The minimum Gasteiger partial charge on any atom is -0.349 e. The predicted octanol–water partition coefficient (Wildman–Crippen LogP) is 4.08. The van der Waals surface area contributed by atoms with Crippen LogP contribution in [0.2, 0.25) is 5.02 Å². The first-order valence-electron chi connectivity index (χ1n) is 7.71. The van der Waals surface area contributed by atoms with Crippen LogP contribution in [0.1, 0.15) is 29.2 Å². The smallest absolute Gasteiger partial charge is 0.230 e. The summed E-state index contributed by atoms with van der Waals surface area (Å²) in [5.41, 5.74) is 1.01. The van der Waals surface area contributed by atoms with Crippen LogP contribution in [0, 0.1) is 0 Å². The molecule has 2 aromatic heterocycles. The summed E-state index contributed by atoms with van der Waals surface area (Å²) in [4.78, 5) is 17.7. The summed E-state index contributed by atoms with van der Waals surface area (Å²) in [5, 5.41) is 13.3. The Bertz CT molecular complexity index is 818. The van der Waals surface area contributed by atoms with Crippen molar-refractivity contribution in [3.05, 3.63) is 63.1 Å². The molecule has 1 aromatic carbocycles. The highest BCUT2D eigenvalue weighted by Gasteiger charge is 2.12. The van der Waals surface area contributed by atoms with Gasteiger partial charge < -0.3 is 5.32 Å². The van der Waals surface area contributed by atoms with E-state index in [0.29, 0.717) is 10.2 Å². The van der Waals surface area contributed by atoms with Crippen molar-refractivity contribution in [2.75, 3.05) is 5.75 Å². The Balaban J connectivity index is 1.47. The lowest BCUT2D eigenvalue weighted by molar-refractivity contribution is -0.119. The number of nitrogens with one attached hydrogen (secondary N) is 2. The molecule has 0 aliphatic rings. The first-order chi connectivity index (χ1) is 12.1. The number of amides is 1. The van der Waals surface area contributed by atoms with E-state index >= 15 is 0 Å². The van der Waals surface area contributed by atoms with Crippen LogP contribution in [-0.4, -0.2) is 26.8 Å². The first-order valence-corrected chi connectivity index (χ1v) is 9.96. The number of nitrogens with zero attached hydrogens (tertiary/aromatic N) is 2. The average Bonchev–Trinajstić information content (AvgIpc) is 3.26. The highest BCUT2D eigenvalue weighted by Crippen LogP contribution is 2.18. The zero-order valence-corrected chi connectivity index (χ0v) is 15.9. The Morgan fingerprint density at radius 1 is 1.36 bits per heavy atom. The molecule has 0 aliphatic heterocycles. The van der Waals surface area contributed by atoms with Crippen molar-refractivity contribution in [2.24, 2.45) is 0 Å². The highest BCUT2D eigenvalue weighted by atomic mass is 35.5. The standard InChI is InChI=1S/C17H17ClN4OS2/c1-11(12-4-6-13(18)7-5-12)19-16(23)10-25-17-20-15(21-22-17)9-14-3-2-8-24-14/h2-8,11H,9-10H2,1H3,(H,19,23)(H,20,21,22). The van der Waals surface area contributed by atoms with Crippen molar-refractivity contribution in [1.29, 1.82) is 0 Å². The average molecular weight is 393 g/mol. The lowest BCUT2D eigenvalue weighted by atomic mass is 10.1. The number of rotatable bonds is 7. The van der Waals surface area contributed by atoms with Crippen LogP contribution in [0.25, 0.3) is 0 Å². The van der Waals surface area contributed by atoms with Crippen LogP contribution in [0.15, 0.2) is 46.9 Å². The molecule has 3 aromatic rings. The summed E-state index contributed by atoms with van der Waals surface area (Å²) in [5.74, 6) is 1.02. The van der Waals surface area contributed by atoms with Crippen molar-refractivity contribution in [3.63, 3.8) is 0 Å². The number of carbonyl (C=O) groups excluding carboxylic acids is 1. The van der Waals surface area contributed by atoms with E-state index in [1.807, 2.05) is 42.6 Å². The monoisotopic (exact) mass is 392 g/mol. The van der Waals surface area contributed by atoms with Crippen LogP contribution in [-0.2, 0) is 11.2 Å². The number of hydrogen-bond acceptors (Lipinski definition) is 5. The van der Waals surface area contributed by atoms with E-state index < -0.39 is 0 Å². The van der Waals surface area contributed by atoms with Gasteiger partial charge in [-0.2, -0.15) is 0 Å². The van der Waals surface area contributed by atoms with Crippen molar-refractivity contribution >= 4 is 40.6 Å². The maximum atomic E-state index is 12.1. The van der Waals surface area contributed by atoms with Gasteiger partial charge in [0.15, 0.2) is 0 Å². The van der Waals surface area contributed by atoms with Crippen LogP contribution >= 0.6 is 34.7 Å². The number of aromatic nitrogens is 3. The molecule has 0 bridgehead atoms. The molecule has 5 nitrogen and oxygen atoms in total. The lowest BCUT2D eigenvalue weighted by Gasteiger charge is -2.13. The van der Waals surface area contributed by atoms with Gasteiger partial charge in [0, 0.05) is 16.3 Å². The van der Waals surface area contributed by atoms with Gasteiger partial charge in [-0.1, -0.05) is 41.6 Å². The lowest BCUT2D eigenvalue weighted by Crippen LogP contribution is -2.28. The third-order valence-electron chi connectivity index (χ3n) is 3.51. The number of thioether (sulfide) groups is 1. The Kier molecular flexibility index (Phi) is 6.12. The van der Waals surface area contributed by atoms with Crippen molar-refractivity contribution < 1.29 is 4.79 Å². The third-order valence-corrected chi connectivity index (χ3v) is 5.49. The fraction of sp³-hybridized carbons (Fsp3) is 0.235. The van der Waals surface area contributed by atoms with Gasteiger partial charge in [-0.25, -0.2) is 4.98 Å². The summed E-state index contributed by atoms with van der Waals surface area (Å²) in [6.45, 7) is 1.94. The Hall–Kier alpha value is -1.83. The molecule has 3 rings (SSSR count). The van der Waals surface area contributed by atoms with Crippen LogP contribution < -0.4 is 5.32 Å². The molecule has 1 atom stereocenters. The molecule has 0 fully saturated rings. The van der Waals surface area contributed by atoms with Gasteiger partial charge >= 0.3 is 0 Å². The fourth-order valence-corrected chi connectivity index (χ4v) is 3.71. The van der Waals surface area contributed by atoms with E-state index in [-0.39, 0.29) is 17.7 Å². The predicted molar refractivity (Wildman–Crippen MR) is 102 cm³/mol. The van der Waals surface area contributed by atoms with Crippen LogP contribution in [0.3, 0.4) is 0 Å². The van der Waals surface area contributed by atoms with Crippen molar-refractivity contribution in [1.82, 2.24) is 20.5 Å². The van der Waals surface area contributed by atoms with E-state index in [4.69, 9.17) is 11.6 Å². The van der Waals surface area contributed by atoms with E-state index in [1.165, 1.54) is 16.6 Å². The summed E-state index contributed by atoms with van der Waals surface area (Å²) in [6.07, 6.45) is 0.727. The van der Waals surface area contributed by atoms with Crippen molar-refractivity contribution in [2.45, 2.75) is 24.5 Å². The zero-order valence-electron chi connectivity index (χ0n) is 13.5. The van der Waals surface area contributed by atoms with E-state index in [9.17, 15) is 4.79 Å². The Morgan fingerprint density at radius 3 is 2.88 bits per heavy atom. The molecule has 0 saturated heterocycles. The molecule has 0 aliphatic carbocycles. The normalized spacial score (nSPS) is 12.1. The maximum absolute atomic E-state index is 12.1. The number of hydrogen-bond donors (Lipinski definition) is 2. The summed E-state index contributed by atoms with van der Waals surface area (Å²) >= 11 is 8.88. The maximum Gasteiger partial charge on any atom is 0.230 e. The molecule has 1 unspecified atom stereocenters. The quantitative estimate of drug-likeness (QED) is 0.594. The minimum atomic E-state index is -0.0769. The van der Waals surface area contributed by atoms with Gasteiger partial charge in [-0.3, -0.25) is 9.89 Å². The SMILES string of the molecule is CC(NC(=O)CSc1n[nH]c(Cc2cccs2)n1)c1ccc(Cl)cc1. The number of halogens is 1. The Morgan fingerprint density at radius 2 is 2.16 bits per heavy atom. The topological polar surface area (TPSA) is 70.7 Å². The molecule has 130 valence electrons. The first kappa shape index (κ1) is 18.0. The van der Waals surface area contributed by atoms with Gasteiger partial charge in [-0.05, 0) is 36.1 Å². The molecule has 1 amide bonds. The summed E-state index contributed by atoms with van der Waals surface area (Å²) in [7, 11) is 0.